The molecule has 0 aromatic rings. The Hall–Kier alpha value is -0.320. The van der Waals surface area contributed by atoms with Crippen molar-refractivity contribution >= 4 is 18.3 Å². The number of methoxy groups -OCH3 is 1. The molecule has 0 bridgehead atoms. The van der Waals surface area contributed by atoms with E-state index in [0.717, 1.165) is 19.5 Å². The molecule has 1 aliphatic carbocycles. The summed E-state index contributed by atoms with van der Waals surface area (Å²) in [6, 6.07) is 0. The highest BCUT2D eigenvalue weighted by Gasteiger charge is 2.37. The summed E-state index contributed by atoms with van der Waals surface area (Å²) in [5, 5.41) is 0. The molecule has 0 aromatic heterocycles. The first kappa shape index (κ1) is 17.7. The fourth-order valence-electron chi connectivity index (χ4n) is 3.72. The van der Waals surface area contributed by atoms with E-state index in [1.807, 2.05) is 0 Å². The second-order valence-corrected chi connectivity index (χ2v) is 6.28. The Morgan fingerprint density at radius 1 is 1.25 bits per heavy atom. The average molecular weight is 305 g/mol. The lowest BCUT2D eigenvalue weighted by molar-refractivity contribution is -0.137. The van der Waals surface area contributed by atoms with Gasteiger partial charge in [0, 0.05) is 26.7 Å². The van der Waals surface area contributed by atoms with Crippen molar-refractivity contribution < 1.29 is 9.53 Å². The Morgan fingerprint density at radius 2 is 1.90 bits per heavy atom. The van der Waals surface area contributed by atoms with Crippen molar-refractivity contribution in [3.63, 3.8) is 0 Å². The molecule has 5 heteroatoms. The van der Waals surface area contributed by atoms with Gasteiger partial charge in [-0.05, 0) is 31.1 Å². The molecule has 2 N–H and O–H groups in total. The Kier molecular flexibility index (Phi) is 7.27. The standard InChI is InChI=1S/C15H28N2O2.ClH/c1-19-13(11-16)10-14(18)17-9-5-8-15(12-17)6-3-2-4-7-15;/h13H,2-12,16H2,1H3;1H. The van der Waals surface area contributed by atoms with Crippen LogP contribution >= 0.6 is 12.4 Å². The molecule has 1 heterocycles. The Labute approximate surface area is 128 Å². The number of carbonyl (C=O) groups excluding carboxylic acids is 1. The fourth-order valence-corrected chi connectivity index (χ4v) is 3.72. The van der Waals surface area contributed by atoms with E-state index < -0.39 is 0 Å². The van der Waals surface area contributed by atoms with Gasteiger partial charge >= 0.3 is 0 Å². The number of hydrogen-bond donors (Lipinski definition) is 1. The molecule has 1 saturated carbocycles. The van der Waals surface area contributed by atoms with Gasteiger partial charge in [-0.1, -0.05) is 19.3 Å². The molecule has 2 rings (SSSR count). The normalized spacial score (nSPS) is 23.2. The lowest BCUT2D eigenvalue weighted by atomic mass is 9.69. The maximum atomic E-state index is 12.3. The van der Waals surface area contributed by atoms with Gasteiger partial charge in [-0.15, -0.1) is 12.4 Å². The molecule has 2 fully saturated rings. The highest BCUT2D eigenvalue weighted by atomic mass is 35.5. The number of hydrogen-bond acceptors (Lipinski definition) is 3. The van der Waals surface area contributed by atoms with Crippen molar-refractivity contribution in [1.29, 1.82) is 0 Å². The first-order chi connectivity index (χ1) is 9.19. The summed E-state index contributed by atoms with van der Waals surface area (Å²) >= 11 is 0. The summed E-state index contributed by atoms with van der Waals surface area (Å²) in [7, 11) is 1.63. The molecule has 1 unspecified atom stereocenters. The van der Waals surface area contributed by atoms with Crippen LogP contribution in [0.5, 0.6) is 0 Å². The molecule has 0 radical (unpaired) electrons. The number of nitrogens with two attached hydrogens (primary N) is 1. The van der Waals surface area contributed by atoms with Crippen molar-refractivity contribution in [2.45, 2.75) is 57.5 Å². The van der Waals surface area contributed by atoms with Gasteiger partial charge in [0.15, 0.2) is 0 Å². The van der Waals surface area contributed by atoms with E-state index in [-0.39, 0.29) is 24.4 Å². The summed E-state index contributed by atoms with van der Waals surface area (Å²) in [6.07, 6.45) is 9.43. The van der Waals surface area contributed by atoms with Crippen LogP contribution < -0.4 is 5.73 Å². The van der Waals surface area contributed by atoms with E-state index in [0.29, 0.717) is 18.4 Å². The lowest BCUT2D eigenvalue weighted by Gasteiger charge is -2.45. The molecule has 4 nitrogen and oxygen atoms in total. The third-order valence-corrected chi connectivity index (χ3v) is 4.93. The maximum absolute atomic E-state index is 12.3. The van der Waals surface area contributed by atoms with Crippen LogP contribution in [0.15, 0.2) is 0 Å². The fraction of sp³-hybridized carbons (Fsp3) is 0.933. The molecule has 1 saturated heterocycles. The number of ether oxygens (including phenoxy) is 1. The van der Waals surface area contributed by atoms with Crippen molar-refractivity contribution in [3.8, 4) is 0 Å². The zero-order valence-electron chi connectivity index (χ0n) is 12.6. The van der Waals surface area contributed by atoms with Crippen molar-refractivity contribution in [2.75, 3.05) is 26.7 Å². The number of piperidine rings is 1. The average Bonchev–Trinajstić information content (AvgIpc) is 2.45. The van der Waals surface area contributed by atoms with Gasteiger partial charge in [0.1, 0.15) is 0 Å². The van der Waals surface area contributed by atoms with Gasteiger partial charge < -0.3 is 15.4 Å². The molecule has 1 spiro atoms. The Morgan fingerprint density at radius 3 is 2.50 bits per heavy atom. The van der Waals surface area contributed by atoms with Gasteiger partial charge in [0.05, 0.1) is 12.5 Å². The third-order valence-electron chi connectivity index (χ3n) is 4.93. The summed E-state index contributed by atoms with van der Waals surface area (Å²) in [4.78, 5) is 14.4. The first-order valence-electron chi connectivity index (χ1n) is 7.70. The van der Waals surface area contributed by atoms with Gasteiger partial charge in [0.25, 0.3) is 0 Å². The van der Waals surface area contributed by atoms with Gasteiger partial charge in [-0.25, -0.2) is 0 Å². The highest BCUT2D eigenvalue weighted by molar-refractivity contribution is 5.85. The summed E-state index contributed by atoms with van der Waals surface area (Å²) in [6.45, 7) is 2.30. The topological polar surface area (TPSA) is 55.6 Å². The molecule has 0 aromatic carbocycles. The maximum Gasteiger partial charge on any atom is 0.225 e. The smallest absolute Gasteiger partial charge is 0.225 e. The van der Waals surface area contributed by atoms with Gasteiger partial charge in [-0.2, -0.15) is 0 Å². The minimum Gasteiger partial charge on any atom is -0.380 e. The van der Waals surface area contributed by atoms with Crippen LogP contribution in [0.3, 0.4) is 0 Å². The van der Waals surface area contributed by atoms with Gasteiger partial charge in [0.2, 0.25) is 5.91 Å². The number of carbonyl (C=O) groups is 1. The predicted molar refractivity (Wildman–Crippen MR) is 83.0 cm³/mol. The second-order valence-electron chi connectivity index (χ2n) is 6.28. The number of amides is 1. The van der Waals surface area contributed by atoms with E-state index in [2.05, 4.69) is 4.90 Å². The van der Waals surface area contributed by atoms with Crippen LogP contribution in [-0.4, -0.2) is 43.7 Å². The van der Waals surface area contributed by atoms with Crippen LogP contribution in [0.1, 0.15) is 51.4 Å². The quantitative estimate of drug-likeness (QED) is 0.867. The summed E-state index contributed by atoms with van der Waals surface area (Å²) < 4.78 is 5.23. The third kappa shape index (κ3) is 4.34. The van der Waals surface area contributed by atoms with Crippen LogP contribution in [0.4, 0.5) is 0 Å². The SMILES string of the molecule is COC(CN)CC(=O)N1CCCC2(CCCCC2)C1.Cl. The first-order valence-corrected chi connectivity index (χ1v) is 7.70. The van der Waals surface area contributed by atoms with Crippen LogP contribution in [0, 0.1) is 5.41 Å². The van der Waals surface area contributed by atoms with E-state index in [1.54, 1.807) is 7.11 Å². The molecular weight excluding hydrogens is 276 g/mol. The van der Waals surface area contributed by atoms with Crippen molar-refractivity contribution in [2.24, 2.45) is 11.1 Å². The minimum absolute atomic E-state index is 0. The number of nitrogens with zero attached hydrogens (tertiary/aromatic N) is 1. The van der Waals surface area contributed by atoms with Crippen molar-refractivity contribution in [1.82, 2.24) is 4.90 Å². The molecule has 118 valence electrons. The second kappa shape index (κ2) is 8.20. The van der Waals surface area contributed by atoms with E-state index >= 15 is 0 Å². The monoisotopic (exact) mass is 304 g/mol. The van der Waals surface area contributed by atoms with Gasteiger partial charge in [-0.3, -0.25) is 4.79 Å². The minimum atomic E-state index is -0.128. The van der Waals surface area contributed by atoms with Crippen LogP contribution in [-0.2, 0) is 9.53 Å². The Bertz CT molecular complexity index is 297. The zero-order valence-corrected chi connectivity index (χ0v) is 13.4. The van der Waals surface area contributed by atoms with E-state index in [4.69, 9.17) is 10.5 Å². The van der Waals surface area contributed by atoms with Crippen LogP contribution in [0.25, 0.3) is 0 Å². The molecule has 1 atom stereocenters. The zero-order chi connectivity index (χ0) is 13.7. The predicted octanol–water partition coefficient (Wildman–Crippen LogP) is 2.34. The van der Waals surface area contributed by atoms with E-state index in [1.165, 1.54) is 38.5 Å². The molecule has 1 amide bonds. The van der Waals surface area contributed by atoms with Crippen LogP contribution in [0.2, 0.25) is 0 Å². The number of rotatable bonds is 4. The molecule has 1 aliphatic heterocycles. The summed E-state index contributed by atoms with van der Waals surface area (Å²) in [5.74, 6) is 0.224. The summed E-state index contributed by atoms with van der Waals surface area (Å²) in [5.41, 5.74) is 6.03. The molecular formula is C15H29ClN2O2. The largest absolute Gasteiger partial charge is 0.380 e. The number of likely N-dealkylation sites (tertiary alicyclic amines) is 1. The number of halogens is 1. The van der Waals surface area contributed by atoms with Crippen molar-refractivity contribution in [3.05, 3.63) is 0 Å². The Balaban J connectivity index is 0.00000200. The highest BCUT2D eigenvalue weighted by Crippen LogP contribution is 2.43. The molecule has 20 heavy (non-hydrogen) atoms. The molecule has 2 aliphatic rings. The van der Waals surface area contributed by atoms with E-state index in [9.17, 15) is 4.79 Å². The lowest BCUT2D eigenvalue weighted by Crippen LogP contribution is -2.48.